The van der Waals surface area contributed by atoms with Crippen LogP contribution < -0.4 is 0 Å². The highest BCUT2D eigenvalue weighted by molar-refractivity contribution is 7.09. The molecule has 2 fully saturated rings. The highest BCUT2D eigenvalue weighted by atomic mass is 32.1. The van der Waals surface area contributed by atoms with E-state index >= 15 is 0 Å². The predicted octanol–water partition coefficient (Wildman–Crippen LogP) is 1.44. The van der Waals surface area contributed by atoms with Crippen molar-refractivity contribution < 1.29 is 4.79 Å². The van der Waals surface area contributed by atoms with Crippen LogP contribution >= 0.6 is 11.3 Å². The summed E-state index contributed by atoms with van der Waals surface area (Å²) in [6.07, 6.45) is 0. The lowest BCUT2D eigenvalue weighted by Gasteiger charge is -2.39. The van der Waals surface area contributed by atoms with Gasteiger partial charge in [-0.2, -0.15) is 0 Å². The minimum atomic E-state index is 0.208. The highest BCUT2D eigenvalue weighted by Gasteiger charge is 2.35. The molecule has 0 spiro atoms. The van der Waals surface area contributed by atoms with Gasteiger partial charge in [-0.1, -0.05) is 6.92 Å². The standard InChI is InChI=1S/C16H26N4OS/c1-12-8-18(9-15-11-22-13(2)17-15)10-16(12)20-6-4-19(5-7-20)14(3)21/h11-12,16H,4-10H2,1-3H3/t12-,16-/m0/s1. The lowest BCUT2D eigenvalue weighted by atomic mass is 10.0. The molecule has 0 unspecified atom stereocenters. The van der Waals surface area contributed by atoms with E-state index in [4.69, 9.17) is 0 Å². The molecule has 1 amide bonds. The van der Waals surface area contributed by atoms with E-state index < -0.39 is 0 Å². The summed E-state index contributed by atoms with van der Waals surface area (Å²) in [5.41, 5.74) is 1.21. The van der Waals surface area contributed by atoms with Crippen LogP contribution in [0, 0.1) is 12.8 Å². The van der Waals surface area contributed by atoms with E-state index in [9.17, 15) is 4.79 Å². The Morgan fingerprint density at radius 3 is 2.64 bits per heavy atom. The van der Waals surface area contributed by atoms with Crippen molar-refractivity contribution in [2.45, 2.75) is 33.4 Å². The van der Waals surface area contributed by atoms with Crippen LogP contribution in [-0.4, -0.2) is 70.9 Å². The van der Waals surface area contributed by atoms with Crippen LogP contribution in [0.2, 0.25) is 0 Å². The summed E-state index contributed by atoms with van der Waals surface area (Å²) in [4.78, 5) is 23.1. The van der Waals surface area contributed by atoms with E-state index in [1.807, 2.05) is 4.90 Å². The van der Waals surface area contributed by atoms with Crippen molar-refractivity contribution in [2.75, 3.05) is 39.3 Å². The zero-order chi connectivity index (χ0) is 15.7. The summed E-state index contributed by atoms with van der Waals surface area (Å²) in [6, 6.07) is 0.619. The number of hydrogen-bond donors (Lipinski definition) is 0. The first-order chi connectivity index (χ1) is 10.5. The van der Waals surface area contributed by atoms with Gasteiger partial charge >= 0.3 is 0 Å². The molecule has 2 saturated heterocycles. The van der Waals surface area contributed by atoms with Gasteiger partial charge in [-0.25, -0.2) is 4.98 Å². The first kappa shape index (κ1) is 15.9. The third-order valence-electron chi connectivity index (χ3n) is 4.93. The van der Waals surface area contributed by atoms with E-state index in [0.717, 1.165) is 50.8 Å². The molecule has 22 heavy (non-hydrogen) atoms. The Bertz CT molecular complexity index is 524. The van der Waals surface area contributed by atoms with Crippen molar-refractivity contribution in [3.05, 3.63) is 16.1 Å². The maximum Gasteiger partial charge on any atom is 0.219 e. The third-order valence-corrected chi connectivity index (χ3v) is 5.75. The zero-order valence-corrected chi connectivity index (χ0v) is 14.6. The molecule has 6 heteroatoms. The fourth-order valence-electron chi connectivity index (χ4n) is 3.73. The molecule has 1 aromatic heterocycles. The number of aromatic nitrogens is 1. The van der Waals surface area contributed by atoms with E-state index in [1.165, 1.54) is 5.69 Å². The second-order valence-corrected chi connectivity index (χ2v) is 7.70. The van der Waals surface area contributed by atoms with Gasteiger partial charge in [0.25, 0.3) is 0 Å². The molecule has 122 valence electrons. The summed E-state index contributed by atoms with van der Waals surface area (Å²) < 4.78 is 0. The van der Waals surface area contributed by atoms with Crippen LogP contribution in [0.3, 0.4) is 0 Å². The Balaban J connectivity index is 1.54. The summed E-state index contributed by atoms with van der Waals surface area (Å²) in [5, 5.41) is 3.33. The smallest absolute Gasteiger partial charge is 0.219 e. The normalized spacial score (nSPS) is 27.5. The van der Waals surface area contributed by atoms with Crippen LogP contribution in [0.5, 0.6) is 0 Å². The molecule has 3 rings (SSSR count). The summed E-state index contributed by atoms with van der Waals surface area (Å²) in [5.74, 6) is 0.892. The number of aryl methyl sites for hydroxylation is 1. The number of rotatable bonds is 3. The maximum absolute atomic E-state index is 11.4. The maximum atomic E-state index is 11.4. The van der Waals surface area contributed by atoms with Gasteiger partial charge in [-0.3, -0.25) is 14.6 Å². The molecule has 2 atom stereocenters. The largest absolute Gasteiger partial charge is 0.340 e. The Hall–Kier alpha value is -0.980. The molecule has 0 N–H and O–H groups in total. The Kier molecular flexibility index (Phi) is 4.80. The summed E-state index contributed by atoms with van der Waals surface area (Å²) in [7, 11) is 0. The lowest BCUT2D eigenvalue weighted by Crippen LogP contribution is -2.53. The highest BCUT2D eigenvalue weighted by Crippen LogP contribution is 2.24. The van der Waals surface area contributed by atoms with E-state index in [-0.39, 0.29) is 5.91 Å². The number of hydrogen-bond acceptors (Lipinski definition) is 5. The number of thiazole rings is 1. The Morgan fingerprint density at radius 1 is 1.32 bits per heavy atom. The SMILES string of the molecule is CC(=O)N1CCN([C@H]2CN(Cc3csc(C)n3)C[C@@H]2C)CC1. The van der Waals surface area contributed by atoms with Gasteiger partial charge in [0, 0.05) is 64.2 Å². The van der Waals surface area contributed by atoms with E-state index in [2.05, 4.69) is 34.0 Å². The molecule has 0 saturated carbocycles. The first-order valence-electron chi connectivity index (χ1n) is 8.16. The molecule has 1 aromatic rings. The van der Waals surface area contributed by atoms with Crippen molar-refractivity contribution in [1.29, 1.82) is 0 Å². The van der Waals surface area contributed by atoms with Gasteiger partial charge in [0.2, 0.25) is 5.91 Å². The van der Waals surface area contributed by atoms with Crippen LogP contribution in [0.1, 0.15) is 24.5 Å². The van der Waals surface area contributed by atoms with Gasteiger partial charge < -0.3 is 4.90 Å². The Morgan fingerprint density at radius 2 is 2.05 bits per heavy atom. The van der Waals surface area contributed by atoms with Crippen molar-refractivity contribution in [3.8, 4) is 0 Å². The van der Waals surface area contributed by atoms with Crippen molar-refractivity contribution >= 4 is 17.2 Å². The topological polar surface area (TPSA) is 39.7 Å². The zero-order valence-electron chi connectivity index (χ0n) is 13.8. The van der Waals surface area contributed by atoms with Gasteiger partial charge in [-0.05, 0) is 12.8 Å². The van der Waals surface area contributed by atoms with Gasteiger partial charge in [0.05, 0.1) is 10.7 Å². The van der Waals surface area contributed by atoms with Crippen molar-refractivity contribution in [2.24, 2.45) is 5.92 Å². The average molecular weight is 322 g/mol. The minimum Gasteiger partial charge on any atom is -0.340 e. The van der Waals surface area contributed by atoms with Gasteiger partial charge in [0.15, 0.2) is 0 Å². The molecule has 0 aliphatic carbocycles. The second kappa shape index (κ2) is 6.64. The van der Waals surface area contributed by atoms with Crippen LogP contribution in [0.4, 0.5) is 0 Å². The monoisotopic (exact) mass is 322 g/mol. The number of amides is 1. The molecular weight excluding hydrogens is 296 g/mol. The average Bonchev–Trinajstić information content (AvgIpc) is 3.05. The van der Waals surface area contributed by atoms with E-state index in [0.29, 0.717) is 12.0 Å². The molecule has 2 aliphatic heterocycles. The Labute approximate surface area is 136 Å². The number of nitrogens with zero attached hydrogens (tertiary/aromatic N) is 4. The fourth-order valence-corrected chi connectivity index (χ4v) is 4.33. The first-order valence-corrected chi connectivity index (χ1v) is 9.04. The predicted molar refractivity (Wildman–Crippen MR) is 88.9 cm³/mol. The summed E-state index contributed by atoms with van der Waals surface area (Å²) in [6.45, 7) is 13.1. The number of carbonyl (C=O) groups excluding carboxylic acids is 1. The van der Waals surface area contributed by atoms with Crippen molar-refractivity contribution in [3.63, 3.8) is 0 Å². The lowest BCUT2D eigenvalue weighted by molar-refractivity contribution is -0.130. The number of piperazine rings is 1. The van der Waals surface area contributed by atoms with Gasteiger partial charge in [-0.15, -0.1) is 11.3 Å². The molecule has 2 aliphatic rings. The minimum absolute atomic E-state index is 0.208. The number of carbonyl (C=O) groups is 1. The molecule has 0 radical (unpaired) electrons. The van der Waals surface area contributed by atoms with E-state index in [1.54, 1.807) is 18.3 Å². The quantitative estimate of drug-likeness (QED) is 0.844. The van der Waals surface area contributed by atoms with Crippen LogP contribution in [0.15, 0.2) is 5.38 Å². The molecule has 0 aromatic carbocycles. The number of likely N-dealkylation sites (tertiary alicyclic amines) is 1. The molecular formula is C16H26N4OS. The molecule has 5 nitrogen and oxygen atoms in total. The van der Waals surface area contributed by atoms with Crippen LogP contribution in [0.25, 0.3) is 0 Å². The molecule has 3 heterocycles. The molecule has 0 bridgehead atoms. The fraction of sp³-hybridized carbons (Fsp3) is 0.750. The van der Waals surface area contributed by atoms with Crippen LogP contribution in [-0.2, 0) is 11.3 Å². The summed E-state index contributed by atoms with van der Waals surface area (Å²) >= 11 is 1.73. The van der Waals surface area contributed by atoms with Crippen molar-refractivity contribution in [1.82, 2.24) is 19.7 Å². The van der Waals surface area contributed by atoms with Gasteiger partial charge in [0.1, 0.15) is 0 Å². The second-order valence-electron chi connectivity index (χ2n) is 6.64. The third kappa shape index (κ3) is 3.50.